The maximum absolute atomic E-state index is 11.2. The van der Waals surface area contributed by atoms with Crippen LogP contribution in [0.15, 0.2) is 0 Å². The Morgan fingerprint density at radius 3 is 1.28 bits per heavy atom. The maximum atomic E-state index is 11.2. The number of ether oxygens (including phenoxy) is 1. The van der Waals surface area contributed by atoms with Gasteiger partial charge in [-0.2, -0.15) is 0 Å². The fourth-order valence-corrected chi connectivity index (χ4v) is 6.48. The van der Waals surface area contributed by atoms with E-state index in [0.717, 1.165) is 19.4 Å². The molecule has 1 saturated carbocycles. The van der Waals surface area contributed by atoms with E-state index in [4.69, 9.17) is 9.53 Å². The van der Waals surface area contributed by atoms with Crippen LogP contribution in [0.4, 0.5) is 0 Å². The quantitative estimate of drug-likeness (QED) is 0.161. The van der Waals surface area contributed by atoms with Crippen LogP contribution in [0, 0.1) is 28.6 Å². The normalized spacial score (nSPS) is 22.5. The molecule has 236 valence electrons. The molecule has 0 aromatic heterocycles. The summed E-state index contributed by atoms with van der Waals surface area (Å²) >= 11 is 0. The molecular formula is C35H72O4. The molecule has 0 radical (unpaired) electrons. The van der Waals surface area contributed by atoms with E-state index in [-0.39, 0.29) is 22.4 Å². The molecule has 0 saturated heterocycles. The van der Waals surface area contributed by atoms with Crippen molar-refractivity contribution in [1.82, 2.24) is 0 Å². The lowest BCUT2D eigenvalue weighted by molar-refractivity contribution is -0.109. The number of hydrogen-bond donors (Lipinski definition) is 1. The van der Waals surface area contributed by atoms with E-state index in [9.17, 15) is 5.11 Å². The fraction of sp³-hybridized carbons (Fsp3) is 0.971. The lowest BCUT2D eigenvalue weighted by Gasteiger charge is -2.50. The second-order valence-corrected chi connectivity index (χ2v) is 14.5. The summed E-state index contributed by atoms with van der Waals surface area (Å²) in [6.45, 7) is 21.3. The zero-order chi connectivity index (χ0) is 29.0. The van der Waals surface area contributed by atoms with E-state index in [1.165, 1.54) is 103 Å². The summed E-state index contributed by atoms with van der Waals surface area (Å²) < 4.78 is 6.38. The van der Waals surface area contributed by atoms with Crippen molar-refractivity contribution in [3.63, 3.8) is 0 Å². The van der Waals surface area contributed by atoms with Crippen LogP contribution in [0.3, 0.4) is 0 Å². The number of aliphatic hydroxyl groups excluding tert-OH is 1. The van der Waals surface area contributed by atoms with E-state index >= 15 is 0 Å². The van der Waals surface area contributed by atoms with E-state index in [0.29, 0.717) is 23.9 Å². The minimum absolute atomic E-state index is 0. The first-order valence-electron chi connectivity index (χ1n) is 16.6. The first-order valence-corrected chi connectivity index (χ1v) is 16.6. The molecule has 3 unspecified atom stereocenters. The SMILES string of the molecule is C=O.CCCCCCCCCCCCCCCCCCOC(C)C1CC(C(C)(C)C)C(O)C(C(C)(C)C)C1.O. The molecule has 0 bridgehead atoms. The van der Waals surface area contributed by atoms with Gasteiger partial charge < -0.3 is 20.1 Å². The smallest absolute Gasteiger partial charge is 0.106 e. The van der Waals surface area contributed by atoms with Gasteiger partial charge in [0.05, 0.1) is 12.2 Å². The van der Waals surface area contributed by atoms with Crippen molar-refractivity contribution in [2.45, 2.75) is 183 Å². The largest absolute Gasteiger partial charge is 0.412 e. The average molecular weight is 557 g/mol. The zero-order valence-corrected chi connectivity index (χ0v) is 27.8. The lowest BCUT2D eigenvalue weighted by Crippen LogP contribution is -2.49. The van der Waals surface area contributed by atoms with Crippen molar-refractivity contribution < 1.29 is 20.1 Å². The van der Waals surface area contributed by atoms with Gasteiger partial charge in [-0.3, -0.25) is 0 Å². The van der Waals surface area contributed by atoms with E-state index in [1.54, 1.807) is 0 Å². The topological polar surface area (TPSA) is 78.0 Å². The molecule has 0 heterocycles. The van der Waals surface area contributed by atoms with Crippen LogP contribution in [0.5, 0.6) is 0 Å². The van der Waals surface area contributed by atoms with Crippen molar-refractivity contribution >= 4 is 6.79 Å². The Morgan fingerprint density at radius 1 is 0.667 bits per heavy atom. The van der Waals surface area contributed by atoms with Crippen LogP contribution in [-0.2, 0) is 9.53 Å². The van der Waals surface area contributed by atoms with Gasteiger partial charge in [-0.15, -0.1) is 0 Å². The van der Waals surface area contributed by atoms with Gasteiger partial charge in [0.25, 0.3) is 0 Å². The summed E-state index contributed by atoms with van der Waals surface area (Å²) in [6, 6.07) is 0. The molecular weight excluding hydrogens is 484 g/mol. The Morgan fingerprint density at radius 2 is 0.974 bits per heavy atom. The van der Waals surface area contributed by atoms with Gasteiger partial charge in [0.2, 0.25) is 0 Å². The first-order chi connectivity index (χ1) is 18.0. The molecule has 3 N–H and O–H groups in total. The molecule has 0 spiro atoms. The number of carbonyl (C=O) groups excluding carboxylic acids is 1. The highest BCUT2D eigenvalue weighted by molar-refractivity contribution is 5.11. The maximum Gasteiger partial charge on any atom is 0.106 e. The van der Waals surface area contributed by atoms with Gasteiger partial charge in [0, 0.05) is 6.61 Å². The Kier molecular flexibility index (Phi) is 24.2. The highest BCUT2D eigenvalue weighted by Gasteiger charge is 2.47. The predicted molar refractivity (Wildman–Crippen MR) is 170 cm³/mol. The molecule has 0 aromatic carbocycles. The highest BCUT2D eigenvalue weighted by Crippen LogP contribution is 2.49. The summed E-state index contributed by atoms with van der Waals surface area (Å²) in [5, 5.41) is 11.2. The Labute approximate surface area is 245 Å². The third kappa shape index (κ3) is 18.6. The van der Waals surface area contributed by atoms with Gasteiger partial charge >= 0.3 is 0 Å². The zero-order valence-electron chi connectivity index (χ0n) is 27.8. The summed E-state index contributed by atoms with van der Waals surface area (Å²) in [6.07, 6.45) is 24.8. The second-order valence-electron chi connectivity index (χ2n) is 14.5. The monoisotopic (exact) mass is 557 g/mol. The summed E-state index contributed by atoms with van der Waals surface area (Å²) in [5.41, 5.74) is 0.268. The molecule has 4 nitrogen and oxygen atoms in total. The molecule has 4 heteroatoms. The molecule has 0 amide bonds. The third-order valence-corrected chi connectivity index (χ3v) is 9.21. The van der Waals surface area contributed by atoms with Crippen LogP contribution < -0.4 is 0 Å². The molecule has 1 aliphatic carbocycles. The lowest BCUT2D eigenvalue weighted by atomic mass is 9.58. The molecule has 0 aromatic rings. The van der Waals surface area contributed by atoms with Crippen LogP contribution in [0.1, 0.15) is 171 Å². The second kappa shape index (κ2) is 23.1. The van der Waals surface area contributed by atoms with Crippen molar-refractivity contribution in [2.24, 2.45) is 28.6 Å². The Balaban J connectivity index is 0. The van der Waals surface area contributed by atoms with Gasteiger partial charge in [-0.05, 0) is 54.8 Å². The molecule has 0 aliphatic heterocycles. The van der Waals surface area contributed by atoms with Gasteiger partial charge in [0.15, 0.2) is 0 Å². The van der Waals surface area contributed by atoms with Gasteiger partial charge in [-0.1, -0.05) is 145 Å². The number of carbonyl (C=O) groups is 1. The molecule has 1 fully saturated rings. The first kappa shape index (κ1) is 40.7. The molecule has 39 heavy (non-hydrogen) atoms. The van der Waals surface area contributed by atoms with Crippen molar-refractivity contribution in [1.29, 1.82) is 0 Å². The van der Waals surface area contributed by atoms with E-state index < -0.39 is 0 Å². The van der Waals surface area contributed by atoms with E-state index in [2.05, 4.69) is 55.4 Å². The van der Waals surface area contributed by atoms with Crippen LogP contribution in [0.2, 0.25) is 0 Å². The summed E-state index contributed by atoms with van der Waals surface area (Å²) in [5.74, 6) is 1.26. The number of aliphatic hydroxyl groups is 1. The standard InChI is InChI=1S/C34H68O2.CH2O.H2O/c1-9-10-11-12-13-14-15-16-17-18-19-20-21-22-23-24-25-36-28(2)29-26-30(33(3,4)5)32(35)31(27-29)34(6,7)8;1-2;/h28-32,35H,9-27H2,1-8H3;1H2;1H2. The minimum atomic E-state index is -0.200. The van der Waals surface area contributed by atoms with Gasteiger partial charge in [-0.25, -0.2) is 0 Å². The summed E-state index contributed by atoms with van der Waals surface area (Å²) in [7, 11) is 0. The van der Waals surface area contributed by atoms with Crippen LogP contribution >= 0.6 is 0 Å². The van der Waals surface area contributed by atoms with Crippen molar-refractivity contribution in [3.05, 3.63) is 0 Å². The Bertz CT molecular complexity index is 512. The highest BCUT2D eigenvalue weighted by atomic mass is 16.5. The minimum Gasteiger partial charge on any atom is -0.412 e. The van der Waals surface area contributed by atoms with Crippen molar-refractivity contribution in [2.75, 3.05) is 6.61 Å². The molecule has 1 rings (SSSR count). The van der Waals surface area contributed by atoms with Crippen LogP contribution in [-0.4, -0.2) is 36.2 Å². The predicted octanol–water partition coefficient (Wildman–Crippen LogP) is 9.74. The molecule has 1 aliphatic rings. The van der Waals surface area contributed by atoms with Crippen molar-refractivity contribution in [3.8, 4) is 0 Å². The van der Waals surface area contributed by atoms with Crippen LogP contribution in [0.25, 0.3) is 0 Å². The number of hydrogen-bond acceptors (Lipinski definition) is 3. The fourth-order valence-electron chi connectivity index (χ4n) is 6.48. The van der Waals surface area contributed by atoms with E-state index in [1.807, 2.05) is 6.79 Å². The third-order valence-electron chi connectivity index (χ3n) is 9.21. The number of rotatable bonds is 19. The van der Waals surface area contributed by atoms with Gasteiger partial charge in [0.1, 0.15) is 6.79 Å². The summed E-state index contributed by atoms with van der Waals surface area (Å²) in [4.78, 5) is 8.00. The number of unbranched alkanes of at least 4 members (excludes halogenated alkanes) is 15. The molecule has 3 atom stereocenters. The average Bonchev–Trinajstić information content (AvgIpc) is 2.85. The Hall–Kier alpha value is -0.450.